The summed E-state index contributed by atoms with van der Waals surface area (Å²) in [4.78, 5) is 8.08. The summed E-state index contributed by atoms with van der Waals surface area (Å²) in [6.07, 6.45) is 3.10. The van der Waals surface area contributed by atoms with Gasteiger partial charge in [-0.3, -0.25) is 0 Å². The first-order chi connectivity index (χ1) is 9.22. The van der Waals surface area contributed by atoms with Gasteiger partial charge in [-0.1, -0.05) is 6.07 Å². The predicted molar refractivity (Wildman–Crippen MR) is 73.3 cm³/mol. The molecule has 0 saturated carbocycles. The molecule has 2 aromatic rings. The number of nitrogens with zero attached hydrogens (tertiary/aromatic N) is 2. The highest BCUT2D eigenvalue weighted by Crippen LogP contribution is 2.27. The topological polar surface area (TPSA) is 82.3 Å². The van der Waals surface area contributed by atoms with Crippen molar-refractivity contribution in [2.75, 3.05) is 25.3 Å². The number of methoxy groups -OCH3 is 2. The molecule has 100 valence electrons. The molecule has 0 aliphatic carbocycles. The van der Waals surface area contributed by atoms with Crippen molar-refractivity contribution in [1.29, 1.82) is 0 Å². The zero-order valence-electron chi connectivity index (χ0n) is 10.9. The Labute approximate surface area is 111 Å². The van der Waals surface area contributed by atoms with E-state index in [4.69, 9.17) is 15.2 Å². The van der Waals surface area contributed by atoms with Crippen LogP contribution in [0, 0.1) is 0 Å². The third-order valence-corrected chi connectivity index (χ3v) is 2.59. The van der Waals surface area contributed by atoms with E-state index in [0.717, 1.165) is 5.56 Å². The van der Waals surface area contributed by atoms with Crippen LogP contribution in [0.5, 0.6) is 11.5 Å². The third-order valence-electron chi connectivity index (χ3n) is 2.59. The summed E-state index contributed by atoms with van der Waals surface area (Å²) in [7, 11) is 3.22. The van der Waals surface area contributed by atoms with Crippen LogP contribution in [0.15, 0.2) is 30.6 Å². The molecule has 0 fully saturated rings. The van der Waals surface area contributed by atoms with Crippen LogP contribution in [0.2, 0.25) is 0 Å². The number of nitrogens with two attached hydrogens (primary N) is 1. The summed E-state index contributed by atoms with van der Waals surface area (Å²) in [5, 5.41) is 3.15. The van der Waals surface area contributed by atoms with Crippen LogP contribution < -0.4 is 20.5 Å². The van der Waals surface area contributed by atoms with Crippen molar-refractivity contribution in [2.45, 2.75) is 6.54 Å². The average Bonchev–Trinajstić information content (AvgIpc) is 2.46. The molecule has 3 N–H and O–H groups in total. The smallest absolute Gasteiger partial charge is 0.161 e. The number of ether oxygens (including phenoxy) is 2. The van der Waals surface area contributed by atoms with Gasteiger partial charge in [0, 0.05) is 6.54 Å². The van der Waals surface area contributed by atoms with Gasteiger partial charge in [0.25, 0.3) is 0 Å². The second-order valence-electron chi connectivity index (χ2n) is 3.87. The molecule has 0 spiro atoms. The van der Waals surface area contributed by atoms with Crippen molar-refractivity contribution in [2.24, 2.45) is 0 Å². The molecule has 0 bridgehead atoms. The van der Waals surface area contributed by atoms with Gasteiger partial charge in [-0.25, -0.2) is 9.97 Å². The molecule has 0 atom stereocenters. The van der Waals surface area contributed by atoms with Gasteiger partial charge in [-0.15, -0.1) is 0 Å². The highest BCUT2D eigenvalue weighted by atomic mass is 16.5. The molecule has 1 aromatic heterocycles. The molecule has 0 aliphatic heterocycles. The fourth-order valence-corrected chi connectivity index (χ4v) is 1.61. The third kappa shape index (κ3) is 3.25. The molecule has 6 heteroatoms. The highest BCUT2D eigenvalue weighted by Gasteiger charge is 2.04. The monoisotopic (exact) mass is 260 g/mol. The Hall–Kier alpha value is -2.50. The number of nitrogen functional groups attached to an aromatic ring is 1. The normalized spacial score (nSPS) is 10.0. The average molecular weight is 260 g/mol. The van der Waals surface area contributed by atoms with Gasteiger partial charge in [-0.2, -0.15) is 0 Å². The zero-order valence-corrected chi connectivity index (χ0v) is 10.9. The van der Waals surface area contributed by atoms with Crippen LogP contribution in [-0.4, -0.2) is 24.2 Å². The highest BCUT2D eigenvalue weighted by molar-refractivity contribution is 5.44. The molecular weight excluding hydrogens is 244 g/mol. The summed E-state index contributed by atoms with van der Waals surface area (Å²) in [6, 6.07) is 5.74. The van der Waals surface area contributed by atoms with Crippen molar-refractivity contribution < 1.29 is 9.47 Å². The van der Waals surface area contributed by atoms with E-state index in [1.807, 2.05) is 18.2 Å². The molecule has 2 rings (SSSR count). The maximum atomic E-state index is 5.47. The lowest BCUT2D eigenvalue weighted by Gasteiger charge is -2.10. The first-order valence-corrected chi connectivity index (χ1v) is 5.75. The van der Waals surface area contributed by atoms with Gasteiger partial charge >= 0.3 is 0 Å². The lowest BCUT2D eigenvalue weighted by Crippen LogP contribution is -2.03. The first-order valence-electron chi connectivity index (χ1n) is 5.75. The number of hydrogen-bond donors (Lipinski definition) is 2. The minimum Gasteiger partial charge on any atom is -0.493 e. The van der Waals surface area contributed by atoms with Crippen LogP contribution in [0.3, 0.4) is 0 Å². The van der Waals surface area contributed by atoms with E-state index >= 15 is 0 Å². The maximum Gasteiger partial charge on any atom is 0.161 e. The Bertz CT molecular complexity index is 543. The van der Waals surface area contributed by atoms with E-state index in [2.05, 4.69) is 15.3 Å². The van der Waals surface area contributed by atoms with Gasteiger partial charge in [0.2, 0.25) is 0 Å². The number of nitrogens with one attached hydrogen (secondary N) is 1. The summed E-state index contributed by atoms with van der Waals surface area (Å²) in [5.74, 6) is 2.48. The molecule has 1 aromatic carbocycles. The molecule has 0 radical (unpaired) electrons. The van der Waals surface area contributed by atoms with Gasteiger partial charge < -0.3 is 20.5 Å². The molecular formula is C13H16N4O2. The van der Waals surface area contributed by atoms with E-state index in [1.54, 1.807) is 20.4 Å². The molecule has 1 heterocycles. The number of hydrogen-bond acceptors (Lipinski definition) is 6. The lowest BCUT2D eigenvalue weighted by molar-refractivity contribution is 0.354. The van der Waals surface area contributed by atoms with Crippen LogP contribution in [0.25, 0.3) is 0 Å². The van der Waals surface area contributed by atoms with Crippen molar-refractivity contribution in [3.05, 3.63) is 36.2 Å². The Morgan fingerprint density at radius 3 is 2.53 bits per heavy atom. The Kier molecular flexibility index (Phi) is 4.02. The zero-order chi connectivity index (χ0) is 13.7. The number of rotatable bonds is 5. The van der Waals surface area contributed by atoms with Gasteiger partial charge in [0.15, 0.2) is 11.5 Å². The van der Waals surface area contributed by atoms with Crippen LogP contribution >= 0.6 is 0 Å². The molecule has 0 amide bonds. The second-order valence-corrected chi connectivity index (χ2v) is 3.87. The van der Waals surface area contributed by atoms with Crippen LogP contribution in [-0.2, 0) is 6.54 Å². The summed E-state index contributed by atoms with van der Waals surface area (Å²) in [6.45, 7) is 0.610. The molecule has 0 unspecified atom stereocenters. The fourth-order valence-electron chi connectivity index (χ4n) is 1.61. The fraction of sp³-hybridized carbons (Fsp3) is 0.231. The van der Waals surface area contributed by atoms with Crippen molar-refractivity contribution >= 4 is 11.6 Å². The Morgan fingerprint density at radius 2 is 1.89 bits per heavy atom. The van der Waals surface area contributed by atoms with Gasteiger partial charge in [0.05, 0.1) is 26.6 Å². The second kappa shape index (κ2) is 5.90. The van der Waals surface area contributed by atoms with E-state index in [-0.39, 0.29) is 0 Å². The van der Waals surface area contributed by atoms with Crippen LogP contribution in [0.4, 0.5) is 11.6 Å². The Balaban J connectivity index is 2.05. The predicted octanol–water partition coefficient (Wildman–Crippen LogP) is 1.69. The summed E-state index contributed by atoms with van der Waals surface area (Å²) in [5.41, 5.74) is 6.52. The maximum absolute atomic E-state index is 5.47. The standard InChI is InChI=1S/C13H16N4O2/c1-18-10-4-3-9(5-11(10)19-2)6-16-13-8-15-12(14)7-17-13/h3-5,7-8H,6H2,1-2H3,(H2,14,15)(H,16,17). The quantitative estimate of drug-likeness (QED) is 0.851. The van der Waals surface area contributed by atoms with Crippen molar-refractivity contribution in [3.8, 4) is 11.5 Å². The van der Waals surface area contributed by atoms with Gasteiger partial charge in [-0.05, 0) is 17.7 Å². The van der Waals surface area contributed by atoms with E-state index < -0.39 is 0 Å². The van der Waals surface area contributed by atoms with Crippen molar-refractivity contribution in [1.82, 2.24) is 9.97 Å². The van der Waals surface area contributed by atoms with E-state index in [1.165, 1.54) is 6.20 Å². The van der Waals surface area contributed by atoms with E-state index in [0.29, 0.717) is 29.7 Å². The minimum absolute atomic E-state index is 0.400. The summed E-state index contributed by atoms with van der Waals surface area (Å²) >= 11 is 0. The number of aromatic nitrogens is 2. The van der Waals surface area contributed by atoms with Gasteiger partial charge in [0.1, 0.15) is 11.6 Å². The van der Waals surface area contributed by atoms with E-state index in [9.17, 15) is 0 Å². The number of anilines is 2. The SMILES string of the molecule is COc1ccc(CNc2cnc(N)cn2)cc1OC. The van der Waals surface area contributed by atoms with Crippen molar-refractivity contribution in [3.63, 3.8) is 0 Å². The molecule has 0 saturated heterocycles. The molecule has 6 nitrogen and oxygen atoms in total. The molecule has 0 aliphatic rings. The van der Waals surface area contributed by atoms with Crippen LogP contribution in [0.1, 0.15) is 5.56 Å². The largest absolute Gasteiger partial charge is 0.493 e. The summed E-state index contributed by atoms with van der Waals surface area (Å²) < 4.78 is 10.4. The Morgan fingerprint density at radius 1 is 1.11 bits per heavy atom. The first kappa shape index (κ1) is 12.9. The molecule has 19 heavy (non-hydrogen) atoms. The minimum atomic E-state index is 0.400. The lowest BCUT2D eigenvalue weighted by atomic mass is 10.2. The number of benzene rings is 1.